The molecule has 24 heavy (non-hydrogen) atoms. The van der Waals surface area contributed by atoms with Gasteiger partial charge in [-0.3, -0.25) is 9.59 Å². The fourth-order valence-corrected chi connectivity index (χ4v) is 2.21. The average Bonchev–Trinajstić information content (AvgIpc) is 2.48. The normalized spacial score (nSPS) is 13.0. The zero-order valence-corrected chi connectivity index (χ0v) is 15.5. The van der Waals surface area contributed by atoms with Gasteiger partial charge in [0.15, 0.2) is 0 Å². The van der Waals surface area contributed by atoms with E-state index in [-0.39, 0.29) is 5.92 Å². The van der Waals surface area contributed by atoms with Crippen LogP contribution in [0.3, 0.4) is 0 Å². The molecule has 4 amide bonds. The molecule has 0 aliphatic rings. The van der Waals surface area contributed by atoms with Crippen LogP contribution in [0.25, 0.3) is 0 Å². The summed E-state index contributed by atoms with van der Waals surface area (Å²) < 4.78 is 0.894. The highest BCUT2D eigenvalue weighted by molar-refractivity contribution is 9.10. The Hall–Kier alpha value is -2.09. The minimum absolute atomic E-state index is 0.178. The van der Waals surface area contributed by atoms with Gasteiger partial charge >= 0.3 is 6.03 Å². The van der Waals surface area contributed by atoms with E-state index in [9.17, 15) is 14.4 Å². The van der Waals surface area contributed by atoms with Crippen molar-refractivity contribution in [3.63, 3.8) is 0 Å². The van der Waals surface area contributed by atoms with Crippen molar-refractivity contribution >= 4 is 39.5 Å². The number of urea groups is 1. The monoisotopic (exact) mass is 398 g/mol. The summed E-state index contributed by atoms with van der Waals surface area (Å²) in [5.74, 6) is -0.899. The average molecular weight is 399 g/mol. The number of nitrogens with two attached hydrogens (primary N) is 1. The number of anilines is 1. The van der Waals surface area contributed by atoms with Gasteiger partial charge in [0.2, 0.25) is 11.8 Å². The Morgan fingerprint density at radius 2 is 1.67 bits per heavy atom. The number of nitrogens with one attached hydrogen (secondary N) is 3. The van der Waals surface area contributed by atoms with Crippen LogP contribution in [-0.4, -0.2) is 29.9 Å². The molecular weight excluding hydrogens is 376 g/mol. The van der Waals surface area contributed by atoms with Crippen LogP contribution in [0.5, 0.6) is 0 Å². The fraction of sp³-hybridized carbons (Fsp3) is 0.438. The van der Waals surface area contributed by atoms with Gasteiger partial charge in [0.05, 0.1) is 0 Å². The Morgan fingerprint density at radius 3 is 2.17 bits per heavy atom. The van der Waals surface area contributed by atoms with Gasteiger partial charge in [0.1, 0.15) is 12.1 Å². The van der Waals surface area contributed by atoms with E-state index in [0.717, 1.165) is 4.47 Å². The van der Waals surface area contributed by atoms with Crippen LogP contribution in [0.2, 0.25) is 0 Å². The highest BCUT2D eigenvalue weighted by atomic mass is 79.9. The van der Waals surface area contributed by atoms with Gasteiger partial charge in [-0.25, -0.2) is 4.79 Å². The molecule has 8 heteroatoms. The molecule has 0 aromatic heterocycles. The first-order chi connectivity index (χ1) is 11.2. The second-order valence-electron chi connectivity index (χ2n) is 5.92. The smallest absolute Gasteiger partial charge is 0.319 e. The molecule has 0 heterocycles. The Morgan fingerprint density at radius 1 is 1.08 bits per heavy atom. The molecule has 5 N–H and O–H groups in total. The molecule has 7 nitrogen and oxygen atoms in total. The largest absolute Gasteiger partial charge is 0.368 e. The summed E-state index contributed by atoms with van der Waals surface area (Å²) in [7, 11) is 0. The summed E-state index contributed by atoms with van der Waals surface area (Å²) >= 11 is 3.31. The highest BCUT2D eigenvalue weighted by Gasteiger charge is 2.24. The van der Waals surface area contributed by atoms with Crippen LogP contribution in [-0.2, 0) is 9.59 Å². The number of hydrogen-bond donors (Lipinski definition) is 4. The number of hydrogen-bond acceptors (Lipinski definition) is 3. The van der Waals surface area contributed by atoms with Gasteiger partial charge in [0.25, 0.3) is 0 Å². The van der Waals surface area contributed by atoms with E-state index < -0.39 is 29.9 Å². The van der Waals surface area contributed by atoms with Crippen LogP contribution in [0, 0.1) is 5.92 Å². The molecule has 0 unspecified atom stereocenters. The molecule has 0 aliphatic heterocycles. The molecule has 0 fully saturated rings. The van der Waals surface area contributed by atoms with E-state index in [0.29, 0.717) is 12.1 Å². The highest BCUT2D eigenvalue weighted by Crippen LogP contribution is 2.14. The van der Waals surface area contributed by atoms with Gasteiger partial charge in [-0.1, -0.05) is 29.8 Å². The first-order valence-corrected chi connectivity index (χ1v) is 8.41. The molecular formula is C16H23BrN4O3. The molecule has 132 valence electrons. The maximum atomic E-state index is 12.3. The van der Waals surface area contributed by atoms with Gasteiger partial charge in [-0.05, 0) is 43.5 Å². The van der Waals surface area contributed by atoms with Crippen molar-refractivity contribution in [2.75, 3.05) is 5.32 Å². The number of halogens is 1. The van der Waals surface area contributed by atoms with E-state index in [2.05, 4.69) is 31.9 Å². The first-order valence-electron chi connectivity index (χ1n) is 7.61. The number of primary amides is 1. The molecule has 0 bridgehead atoms. The molecule has 0 aliphatic carbocycles. The molecule has 1 aromatic carbocycles. The maximum Gasteiger partial charge on any atom is 0.319 e. The summed E-state index contributed by atoms with van der Waals surface area (Å²) in [6.07, 6.45) is 0.436. The lowest BCUT2D eigenvalue weighted by Crippen LogP contribution is -2.53. The number of benzene rings is 1. The number of amides is 4. The SMILES string of the molecule is CC(C)C[C@H](NC(=O)Nc1ccc(Br)cc1)C(=O)N[C@@H](C)C(N)=O. The molecule has 1 rings (SSSR count). The van der Waals surface area contributed by atoms with Crippen molar-refractivity contribution in [3.05, 3.63) is 28.7 Å². The van der Waals surface area contributed by atoms with Crippen molar-refractivity contribution in [2.45, 2.75) is 39.3 Å². The molecule has 0 radical (unpaired) electrons. The fourth-order valence-electron chi connectivity index (χ4n) is 1.95. The summed E-state index contributed by atoms with van der Waals surface area (Å²) in [5, 5.41) is 7.79. The number of carbonyl (C=O) groups excluding carboxylic acids is 3. The summed E-state index contributed by atoms with van der Waals surface area (Å²) in [4.78, 5) is 35.4. The van der Waals surface area contributed by atoms with Gasteiger partial charge in [-0.15, -0.1) is 0 Å². The standard InChI is InChI=1S/C16H23BrN4O3/c1-9(2)8-13(15(23)19-10(3)14(18)22)21-16(24)20-12-6-4-11(17)5-7-12/h4-7,9-10,13H,8H2,1-3H3,(H2,18,22)(H,19,23)(H2,20,21,24)/t10-,13-/m0/s1. The van der Waals surface area contributed by atoms with Crippen LogP contribution in [0.4, 0.5) is 10.5 Å². The van der Waals surface area contributed by atoms with Gasteiger partial charge in [0, 0.05) is 10.2 Å². The Labute approximate surface area is 149 Å². The third kappa shape index (κ3) is 6.99. The predicted molar refractivity (Wildman–Crippen MR) is 96.3 cm³/mol. The number of carbonyl (C=O) groups is 3. The van der Waals surface area contributed by atoms with Crippen LogP contribution in [0.15, 0.2) is 28.7 Å². The summed E-state index contributed by atoms with van der Waals surface area (Å²) in [6, 6.07) is 4.99. The summed E-state index contributed by atoms with van der Waals surface area (Å²) in [6.45, 7) is 5.37. The van der Waals surface area contributed by atoms with Crippen LogP contribution in [0.1, 0.15) is 27.2 Å². The van der Waals surface area contributed by atoms with Crippen molar-refractivity contribution < 1.29 is 14.4 Å². The lowest BCUT2D eigenvalue weighted by atomic mass is 10.0. The lowest BCUT2D eigenvalue weighted by Gasteiger charge is -2.22. The minimum Gasteiger partial charge on any atom is -0.368 e. The van der Waals surface area contributed by atoms with E-state index in [1.807, 2.05) is 13.8 Å². The second kappa shape index (κ2) is 9.27. The Kier molecular flexibility index (Phi) is 7.70. The lowest BCUT2D eigenvalue weighted by molar-refractivity contribution is -0.128. The molecule has 2 atom stereocenters. The number of rotatable bonds is 7. The van der Waals surface area contributed by atoms with Crippen molar-refractivity contribution in [2.24, 2.45) is 11.7 Å². The zero-order chi connectivity index (χ0) is 18.3. The molecule has 1 aromatic rings. The topological polar surface area (TPSA) is 113 Å². The van der Waals surface area contributed by atoms with Crippen molar-refractivity contribution in [3.8, 4) is 0 Å². The first kappa shape index (κ1) is 20.0. The van der Waals surface area contributed by atoms with Crippen LogP contribution >= 0.6 is 15.9 Å². The third-order valence-corrected chi connectivity index (χ3v) is 3.75. The van der Waals surface area contributed by atoms with Crippen molar-refractivity contribution in [1.29, 1.82) is 0 Å². The summed E-state index contributed by atoms with van der Waals surface area (Å²) in [5.41, 5.74) is 5.75. The molecule has 0 saturated heterocycles. The van der Waals surface area contributed by atoms with Crippen molar-refractivity contribution in [1.82, 2.24) is 10.6 Å². The third-order valence-electron chi connectivity index (χ3n) is 3.22. The Bertz CT molecular complexity index is 589. The predicted octanol–water partition coefficient (Wildman–Crippen LogP) is 1.98. The quantitative estimate of drug-likeness (QED) is 0.562. The van der Waals surface area contributed by atoms with E-state index >= 15 is 0 Å². The van der Waals surface area contributed by atoms with Gasteiger partial charge < -0.3 is 21.7 Å². The van der Waals surface area contributed by atoms with E-state index in [1.165, 1.54) is 6.92 Å². The van der Waals surface area contributed by atoms with E-state index in [1.54, 1.807) is 24.3 Å². The molecule has 0 spiro atoms. The van der Waals surface area contributed by atoms with E-state index in [4.69, 9.17) is 5.73 Å². The van der Waals surface area contributed by atoms with Crippen LogP contribution < -0.4 is 21.7 Å². The molecule has 0 saturated carbocycles. The van der Waals surface area contributed by atoms with Gasteiger partial charge in [-0.2, -0.15) is 0 Å². The minimum atomic E-state index is -0.802. The maximum absolute atomic E-state index is 12.3. The Balaban J connectivity index is 2.70. The zero-order valence-electron chi connectivity index (χ0n) is 13.9. The second-order valence-corrected chi connectivity index (χ2v) is 6.84.